The fourth-order valence-corrected chi connectivity index (χ4v) is 10.7. The Morgan fingerprint density at radius 1 is 0.381 bits per heavy atom. The number of fused-ring (bicyclic) bond motifs is 9. The van der Waals surface area contributed by atoms with Gasteiger partial charge in [-0.15, -0.1) is 11.3 Å². The van der Waals surface area contributed by atoms with E-state index in [1.54, 1.807) is 11.3 Å². The molecule has 63 heavy (non-hydrogen) atoms. The zero-order valence-electron chi connectivity index (χ0n) is 38.5. The van der Waals surface area contributed by atoms with Crippen LogP contribution in [0, 0.1) is 0 Å². The maximum Gasteiger partial charge on any atom is 0.164 e. The lowest BCUT2D eigenvalue weighted by Crippen LogP contribution is -2.01. The van der Waals surface area contributed by atoms with Crippen LogP contribution in [0.5, 0.6) is 0 Å². The predicted octanol–water partition coefficient (Wildman–Crippen LogP) is 15.1. The molecule has 5 nitrogen and oxygen atoms in total. The highest BCUT2D eigenvalue weighted by molar-refractivity contribution is 7.26. The molecule has 13 aromatic rings. The van der Waals surface area contributed by atoms with E-state index in [0.717, 1.165) is 59.9 Å². The molecule has 13 rings (SSSR count). The highest BCUT2D eigenvalue weighted by atomic mass is 32.1. The van der Waals surface area contributed by atoms with Gasteiger partial charge in [0.25, 0.3) is 0 Å². The number of thiophene rings is 1. The Morgan fingerprint density at radius 3 is 1.63 bits per heavy atom. The molecule has 0 radical (unpaired) electrons. The van der Waals surface area contributed by atoms with Gasteiger partial charge >= 0.3 is 0 Å². The van der Waals surface area contributed by atoms with Gasteiger partial charge in [0.1, 0.15) is 0 Å². The van der Waals surface area contributed by atoms with Crippen molar-refractivity contribution in [2.24, 2.45) is 0 Å². The maximum absolute atomic E-state index is 8.91. The Morgan fingerprint density at radius 2 is 0.921 bits per heavy atom. The molecule has 0 aliphatic heterocycles. The van der Waals surface area contributed by atoms with E-state index in [1.807, 2.05) is 48.5 Å². The third-order valence-electron chi connectivity index (χ3n) is 12.1. The fourth-order valence-electron chi connectivity index (χ4n) is 9.36. The Hall–Kier alpha value is -8.19. The van der Waals surface area contributed by atoms with Crippen LogP contribution >= 0.6 is 11.3 Å². The molecule has 9 aromatic carbocycles. The number of nitrogens with zero attached hydrogens (tertiary/aromatic N) is 5. The van der Waals surface area contributed by atoms with Gasteiger partial charge in [-0.25, -0.2) is 15.0 Å². The number of hydrogen-bond acceptors (Lipinski definition) is 4. The van der Waals surface area contributed by atoms with Crippen molar-refractivity contribution in [1.29, 1.82) is 0 Å². The van der Waals surface area contributed by atoms with E-state index in [0.29, 0.717) is 22.8 Å². The summed E-state index contributed by atoms with van der Waals surface area (Å²) in [5.74, 6) is 0.623. The van der Waals surface area contributed by atoms with Crippen LogP contribution in [0.3, 0.4) is 0 Å². The first-order valence-electron chi connectivity index (χ1n) is 23.3. The van der Waals surface area contributed by atoms with Crippen molar-refractivity contribution in [1.82, 2.24) is 24.1 Å². The molecule has 0 aliphatic rings. The van der Waals surface area contributed by atoms with Gasteiger partial charge in [0.2, 0.25) is 0 Å². The molecule has 0 saturated heterocycles. The summed E-state index contributed by atoms with van der Waals surface area (Å²) in [7, 11) is 0. The summed E-state index contributed by atoms with van der Waals surface area (Å²) in [5, 5.41) is 6.57. The van der Waals surface area contributed by atoms with Crippen LogP contribution in [0.4, 0.5) is 0 Å². The quantitative estimate of drug-likeness (QED) is 0.168. The minimum atomic E-state index is -0.481. The standard InChI is InChI=1S/C57H35N5S/c1-4-18-36(19-5-1)40-27-16-28-43-46-34-39(61-47-30-13-10-24-41(47)42-25-11-14-31-48(42)61)35-51(54(46)63-53(40)43)62-49-32-15-12-26-44(49)52-45(29-17-33-50(52)62)57-59-55(37-20-6-2-7-21-37)58-56(60-57)38-22-8-3-9-23-38/h1-35H/i2D,6D,7D,20D,21D. The van der Waals surface area contributed by atoms with E-state index in [9.17, 15) is 0 Å². The first-order chi connectivity index (χ1) is 33.3. The number of para-hydroxylation sites is 3. The van der Waals surface area contributed by atoms with Crippen molar-refractivity contribution in [2.75, 3.05) is 0 Å². The lowest BCUT2D eigenvalue weighted by molar-refractivity contribution is 1.08. The van der Waals surface area contributed by atoms with Crippen LogP contribution in [0.15, 0.2) is 212 Å². The second-order valence-corrected chi connectivity index (χ2v) is 16.6. The fraction of sp³-hybridized carbons (Fsp3) is 0. The first-order valence-corrected chi connectivity index (χ1v) is 21.6. The SMILES string of the molecule is [2H]c1c([2H])c([2H])c(-c2nc(-c3ccccc3)nc(-c3cccc4c3c3ccccc3n4-c3cc(-n4c5ccccc5c5ccccc54)cc4c3sc3c(-c5ccccc5)cccc34)n2)c([2H])c1[2H]. The Kier molecular flexibility index (Phi) is 6.94. The van der Waals surface area contributed by atoms with Crippen molar-refractivity contribution in [3.63, 3.8) is 0 Å². The van der Waals surface area contributed by atoms with E-state index < -0.39 is 18.1 Å². The molecule has 0 fully saturated rings. The number of rotatable bonds is 6. The summed E-state index contributed by atoms with van der Waals surface area (Å²) in [6.45, 7) is 0. The van der Waals surface area contributed by atoms with Crippen LogP contribution in [-0.2, 0) is 0 Å². The zero-order chi connectivity index (χ0) is 45.8. The van der Waals surface area contributed by atoms with Crippen molar-refractivity contribution >= 4 is 75.1 Å². The summed E-state index contributed by atoms with van der Waals surface area (Å²) in [6.07, 6.45) is 0. The van der Waals surface area contributed by atoms with Gasteiger partial charge in [-0.1, -0.05) is 176 Å². The van der Waals surface area contributed by atoms with Crippen LogP contribution in [-0.4, -0.2) is 24.1 Å². The third kappa shape index (κ3) is 5.59. The van der Waals surface area contributed by atoms with Crippen LogP contribution in [0.2, 0.25) is 0 Å². The highest BCUT2D eigenvalue weighted by Gasteiger charge is 2.24. The van der Waals surface area contributed by atoms with E-state index in [-0.39, 0.29) is 23.5 Å². The Balaban J connectivity index is 1.14. The molecule has 294 valence electrons. The van der Waals surface area contributed by atoms with Gasteiger partial charge < -0.3 is 9.13 Å². The molecule has 0 N–H and O–H groups in total. The second-order valence-electron chi connectivity index (χ2n) is 15.6. The average molecular weight is 827 g/mol. The molecule has 6 heteroatoms. The van der Waals surface area contributed by atoms with Crippen molar-refractivity contribution < 1.29 is 6.85 Å². The van der Waals surface area contributed by atoms with E-state index in [1.165, 1.54) is 26.4 Å². The summed E-state index contributed by atoms with van der Waals surface area (Å²) in [6, 6.07) is 60.9. The second kappa shape index (κ2) is 14.2. The van der Waals surface area contributed by atoms with E-state index in [4.69, 9.17) is 21.8 Å². The van der Waals surface area contributed by atoms with Crippen molar-refractivity contribution in [3.05, 3.63) is 212 Å². The highest BCUT2D eigenvalue weighted by Crippen LogP contribution is 2.47. The number of hydrogen-bond donors (Lipinski definition) is 0. The topological polar surface area (TPSA) is 48.5 Å². The largest absolute Gasteiger partial charge is 0.309 e. The first kappa shape index (κ1) is 30.8. The third-order valence-corrected chi connectivity index (χ3v) is 13.3. The minimum Gasteiger partial charge on any atom is -0.309 e. The van der Waals surface area contributed by atoms with Gasteiger partial charge in [-0.05, 0) is 47.5 Å². The lowest BCUT2D eigenvalue weighted by atomic mass is 10.0. The van der Waals surface area contributed by atoms with Crippen LogP contribution < -0.4 is 0 Å². The smallest absolute Gasteiger partial charge is 0.164 e. The minimum absolute atomic E-state index is 0.00771. The van der Waals surface area contributed by atoms with Crippen LogP contribution in [0.25, 0.3) is 120 Å². The molecule has 0 aliphatic carbocycles. The normalized spacial score (nSPS) is 12.9. The van der Waals surface area contributed by atoms with Gasteiger partial charge in [0.05, 0.1) is 39.3 Å². The molecular formula is C57H35N5S. The molecule has 0 bridgehead atoms. The summed E-state index contributed by atoms with van der Waals surface area (Å²) >= 11 is 1.80. The lowest BCUT2D eigenvalue weighted by Gasteiger charge is -2.15. The molecule has 0 spiro atoms. The molecule has 0 unspecified atom stereocenters. The molecule has 4 aromatic heterocycles. The molecule has 4 heterocycles. The van der Waals surface area contributed by atoms with Gasteiger partial charge in [-0.3, -0.25) is 0 Å². The molecule has 0 amide bonds. The summed E-state index contributed by atoms with van der Waals surface area (Å²) in [5.41, 5.74) is 9.85. The Bertz CT molecular complexity index is 4140. The van der Waals surface area contributed by atoms with Crippen LogP contribution in [0.1, 0.15) is 6.85 Å². The molecule has 0 saturated carbocycles. The molecular weight excluding hydrogens is 787 g/mol. The van der Waals surface area contributed by atoms with Gasteiger partial charge in [0, 0.05) is 59.4 Å². The molecule has 0 atom stereocenters. The number of aromatic nitrogens is 5. The maximum atomic E-state index is 8.91. The average Bonchev–Trinajstić information content (AvgIpc) is 4.06. The van der Waals surface area contributed by atoms with Gasteiger partial charge in [0.15, 0.2) is 17.5 Å². The Labute approximate surface area is 373 Å². The monoisotopic (exact) mass is 826 g/mol. The predicted molar refractivity (Wildman–Crippen MR) is 263 cm³/mol. The van der Waals surface area contributed by atoms with Crippen molar-refractivity contribution in [3.8, 4) is 56.7 Å². The van der Waals surface area contributed by atoms with E-state index in [2.05, 4.69) is 143 Å². The number of benzene rings is 9. The van der Waals surface area contributed by atoms with E-state index >= 15 is 0 Å². The zero-order valence-corrected chi connectivity index (χ0v) is 34.3. The van der Waals surface area contributed by atoms with Gasteiger partial charge in [-0.2, -0.15) is 0 Å². The van der Waals surface area contributed by atoms with Crippen molar-refractivity contribution in [2.45, 2.75) is 0 Å². The summed E-state index contributed by atoms with van der Waals surface area (Å²) < 4.78 is 50.2. The summed E-state index contributed by atoms with van der Waals surface area (Å²) in [4.78, 5) is 14.9.